The number of rotatable bonds is 3. The van der Waals surface area contributed by atoms with E-state index in [4.69, 9.17) is 5.41 Å². The molecule has 0 fully saturated rings. The highest BCUT2D eigenvalue weighted by molar-refractivity contribution is 6.00. The topological polar surface area (TPSA) is 55.4 Å². The van der Waals surface area contributed by atoms with E-state index in [1.165, 1.54) is 12.1 Å². The van der Waals surface area contributed by atoms with Crippen LogP contribution in [-0.2, 0) is 0 Å². The van der Waals surface area contributed by atoms with Gasteiger partial charge < -0.3 is 10.9 Å². The molecule has 0 unspecified atom stereocenters. The van der Waals surface area contributed by atoms with E-state index in [0.717, 1.165) is 17.6 Å². The summed E-state index contributed by atoms with van der Waals surface area (Å²) in [5, 5.41) is 7.59. The van der Waals surface area contributed by atoms with Gasteiger partial charge >= 0.3 is 0 Å². The lowest BCUT2D eigenvalue weighted by Gasteiger charge is -2.00. The second kappa shape index (κ2) is 6.09. The molecule has 1 rings (SSSR count). The fraction of sp³-hybridized carbons (Fsp3) is 0.250. The lowest BCUT2D eigenvalue weighted by molar-refractivity contribution is 0.628. The first-order valence-corrected chi connectivity index (χ1v) is 4.65. The molecule has 0 aliphatic rings. The molecule has 3 N–H and O–H groups in total. The quantitative estimate of drug-likeness (QED) is 0.744. The van der Waals surface area contributed by atoms with Crippen LogP contribution in [0.1, 0.15) is 25.8 Å². The van der Waals surface area contributed by atoms with Gasteiger partial charge in [0, 0.05) is 5.71 Å². The van der Waals surface area contributed by atoms with Crippen molar-refractivity contribution in [2.45, 2.75) is 20.3 Å². The zero-order valence-corrected chi connectivity index (χ0v) is 8.97. The summed E-state index contributed by atoms with van der Waals surface area (Å²) in [4.78, 5) is 0. The average molecular weight is 209 g/mol. The predicted octanol–water partition coefficient (Wildman–Crippen LogP) is 2.83. The summed E-state index contributed by atoms with van der Waals surface area (Å²) >= 11 is 0. The Morgan fingerprint density at radius 1 is 1.33 bits per heavy atom. The van der Waals surface area contributed by atoms with E-state index in [-0.39, 0.29) is 11.3 Å². The number of nitrogens with one attached hydrogen (secondary N) is 1. The largest absolute Gasteiger partial charge is 0.412 e. The van der Waals surface area contributed by atoms with Gasteiger partial charge in [0.1, 0.15) is 5.82 Å². The summed E-state index contributed by atoms with van der Waals surface area (Å²) in [5.41, 5.74) is 2.48. The van der Waals surface area contributed by atoms with Crippen molar-refractivity contribution in [3.8, 4) is 0 Å². The second-order valence-corrected chi connectivity index (χ2v) is 3.21. The van der Waals surface area contributed by atoms with E-state index in [0.29, 0.717) is 5.71 Å². The van der Waals surface area contributed by atoms with Crippen LogP contribution in [0.2, 0.25) is 0 Å². The minimum absolute atomic E-state index is 0. The molecular formula is C12H16FNO. The molecule has 0 aliphatic carbocycles. The van der Waals surface area contributed by atoms with E-state index in [9.17, 15) is 4.39 Å². The lowest BCUT2D eigenvalue weighted by atomic mass is 10.1. The molecule has 0 radical (unpaired) electrons. The Morgan fingerprint density at radius 2 is 1.87 bits per heavy atom. The van der Waals surface area contributed by atoms with Crippen molar-refractivity contribution in [2.75, 3.05) is 0 Å². The first-order valence-electron chi connectivity index (χ1n) is 4.65. The molecule has 2 nitrogen and oxygen atoms in total. The summed E-state index contributed by atoms with van der Waals surface area (Å²) in [6.07, 6.45) is 2.62. The fourth-order valence-electron chi connectivity index (χ4n) is 1.17. The van der Waals surface area contributed by atoms with Gasteiger partial charge in [-0.2, -0.15) is 0 Å². The molecule has 1 aromatic rings. The van der Waals surface area contributed by atoms with Gasteiger partial charge in [-0.3, -0.25) is 0 Å². The average Bonchev–Trinajstić information content (AvgIpc) is 2.20. The zero-order chi connectivity index (χ0) is 10.6. The van der Waals surface area contributed by atoms with E-state index >= 15 is 0 Å². The normalized spacial score (nSPS) is 10.7. The van der Waals surface area contributed by atoms with Crippen LogP contribution in [0.3, 0.4) is 0 Å². The Labute approximate surface area is 89.3 Å². The molecule has 0 saturated heterocycles. The van der Waals surface area contributed by atoms with Crippen molar-refractivity contribution in [3.05, 3.63) is 41.2 Å². The molecule has 0 spiro atoms. The SMILES string of the molecule is CCC(=N)/C(C)=C/c1ccc(F)cc1.O. The number of halogens is 1. The number of hydrogen-bond donors (Lipinski definition) is 1. The van der Waals surface area contributed by atoms with Gasteiger partial charge in [0.2, 0.25) is 0 Å². The van der Waals surface area contributed by atoms with Gasteiger partial charge in [0.25, 0.3) is 0 Å². The standard InChI is InChI=1S/C12H14FN.H2O/c1-3-12(14)9(2)8-10-4-6-11(13)7-5-10;/h4-8,14H,3H2,1-2H3;1H2/b9-8+,14-12?;. The molecule has 3 heteroatoms. The molecule has 0 amide bonds. The van der Waals surface area contributed by atoms with Gasteiger partial charge in [-0.25, -0.2) is 4.39 Å². The third-order valence-electron chi connectivity index (χ3n) is 2.08. The minimum atomic E-state index is -0.231. The van der Waals surface area contributed by atoms with Crippen LogP contribution in [-0.4, -0.2) is 11.2 Å². The van der Waals surface area contributed by atoms with Crippen LogP contribution in [0.4, 0.5) is 4.39 Å². The summed E-state index contributed by atoms with van der Waals surface area (Å²) in [5.74, 6) is -0.231. The Balaban J connectivity index is 0.00000196. The smallest absolute Gasteiger partial charge is 0.123 e. The summed E-state index contributed by atoms with van der Waals surface area (Å²) in [7, 11) is 0. The molecular weight excluding hydrogens is 193 g/mol. The van der Waals surface area contributed by atoms with Gasteiger partial charge in [-0.1, -0.05) is 25.1 Å². The number of benzene rings is 1. The molecule has 1 aromatic carbocycles. The van der Waals surface area contributed by atoms with Gasteiger partial charge in [0.05, 0.1) is 0 Å². The highest BCUT2D eigenvalue weighted by Gasteiger charge is 1.96. The predicted molar refractivity (Wildman–Crippen MR) is 61.7 cm³/mol. The fourth-order valence-corrected chi connectivity index (χ4v) is 1.17. The van der Waals surface area contributed by atoms with Crippen LogP contribution in [0.25, 0.3) is 6.08 Å². The first kappa shape index (κ1) is 13.5. The summed E-state index contributed by atoms with van der Waals surface area (Å²) in [6, 6.07) is 6.27. The molecule has 0 bridgehead atoms. The molecule has 0 atom stereocenters. The third kappa shape index (κ3) is 4.04. The maximum Gasteiger partial charge on any atom is 0.123 e. The van der Waals surface area contributed by atoms with Crippen molar-refractivity contribution in [3.63, 3.8) is 0 Å². The van der Waals surface area contributed by atoms with Crippen molar-refractivity contribution in [2.24, 2.45) is 0 Å². The van der Waals surface area contributed by atoms with Crippen molar-refractivity contribution >= 4 is 11.8 Å². The molecule has 0 saturated carbocycles. The van der Waals surface area contributed by atoms with Crippen LogP contribution < -0.4 is 0 Å². The molecule has 82 valence electrons. The number of hydrogen-bond acceptors (Lipinski definition) is 1. The van der Waals surface area contributed by atoms with Crippen LogP contribution in [0.5, 0.6) is 0 Å². The van der Waals surface area contributed by atoms with Crippen molar-refractivity contribution < 1.29 is 9.87 Å². The Morgan fingerprint density at radius 3 is 2.33 bits per heavy atom. The maximum absolute atomic E-state index is 12.6. The highest BCUT2D eigenvalue weighted by Crippen LogP contribution is 2.09. The molecule has 0 aliphatic heterocycles. The van der Waals surface area contributed by atoms with Gasteiger partial charge in [0.15, 0.2) is 0 Å². The van der Waals surface area contributed by atoms with Crippen LogP contribution in [0.15, 0.2) is 29.8 Å². The highest BCUT2D eigenvalue weighted by atomic mass is 19.1. The third-order valence-corrected chi connectivity index (χ3v) is 2.08. The van der Waals surface area contributed by atoms with E-state index in [2.05, 4.69) is 0 Å². The van der Waals surface area contributed by atoms with E-state index in [1.807, 2.05) is 19.9 Å². The first-order chi connectivity index (χ1) is 6.63. The van der Waals surface area contributed by atoms with Crippen molar-refractivity contribution in [1.82, 2.24) is 0 Å². The molecule has 15 heavy (non-hydrogen) atoms. The molecule has 0 aromatic heterocycles. The van der Waals surface area contributed by atoms with Gasteiger partial charge in [-0.05, 0) is 36.6 Å². The van der Waals surface area contributed by atoms with E-state index < -0.39 is 0 Å². The zero-order valence-electron chi connectivity index (χ0n) is 8.97. The van der Waals surface area contributed by atoms with Crippen LogP contribution >= 0.6 is 0 Å². The maximum atomic E-state index is 12.6. The second-order valence-electron chi connectivity index (χ2n) is 3.21. The molecule has 0 heterocycles. The van der Waals surface area contributed by atoms with E-state index in [1.54, 1.807) is 12.1 Å². The van der Waals surface area contributed by atoms with Gasteiger partial charge in [-0.15, -0.1) is 0 Å². The Kier molecular flexibility index (Phi) is 5.49. The summed E-state index contributed by atoms with van der Waals surface area (Å²) in [6.45, 7) is 3.85. The summed E-state index contributed by atoms with van der Waals surface area (Å²) < 4.78 is 12.6. The Bertz CT molecular complexity index is 354. The number of allylic oxidation sites excluding steroid dienone is 1. The van der Waals surface area contributed by atoms with Crippen molar-refractivity contribution in [1.29, 1.82) is 5.41 Å². The Hall–Kier alpha value is -1.48. The minimum Gasteiger partial charge on any atom is -0.412 e. The van der Waals surface area contributed by atoms with Crippen LogP contribution in [0, 0.1) is 11.2 Å². The lowest BCUT2D eigenvalue weighted by Crippen LogP contribution is -1.94. The monoisotopic (exact) mass is 209 g/mol.